The van der Waals surface area contributed by atoms with Gasteiger partial charge in [-0.1, -0.05) is 12.1 Å². The van der Waals surface area contributed by atoms with E-state index in [0.29, 0.717) is 34.8 Å². The summed E-state index contributed by atoms with van der Waals surface area (Å²) >= 11 is 0. The van der Waals surface area contributed by atoms with Crippen LogP contribution >= 0.6 is 0 Å². The number of aromatic nitrogens is 3. The highest BCUT2D eigenvalue weighted by Crippen LogP contribution is 2.48. The number of ether oxygens (including phenoxy) is 3. The van der Waals surface area contributed by atoms with Gasteiger partial charge >= 0.3 is 0 Å². The van der Waals surface area contributed by atoms with Crippen LogP contribution in [0.4, 0.5) is 5.69 Å². The highest BCUT2D eigenvalue weighted by molar-refractivity contribution is 6.23. The number of aryl methyl sites for hydroxylation is 1. The van der Waals surface area contributed by atoms with Crippen molar-refractivity contribution in [1.82, 2.24) is 24.8 Å². The maximum absolute atomic E-state index is 13.2. The Hall–Kier alpha value is -5.66. The number of unbranched alkanes of at least 4 members (excludes halogenated alkanes) is 1. The fourth-order valence-electron chi connectivity index (χ4n) is 9.26. The van der Waals surface area contributed by atoms with Gasteiger partial charge in [0, 0.05) is 111 Å². The monoisotopic (exact) mass is 782 g/mol. The molecule has 1 unspecified atom stereocenters. The van der Waals surface area contributed by atoms with Crippen molar-refractivity contribution in [3.05, 3.63) is 84.3 Å². The second-order valence-corrected chi connectivity index (χ2v) is 16.6. The molecule has 3 aliphatic heterocycles. The van der Waals surface area contributed by atoms with Crippen molar-refractivity contribution in [2.24, 2.45) is 24.8 Å². The minimum absolute atomic E-state index is 0.104. The fraction of sp³-hybridized carbons (Fsp3) is 0.422. The Labute approximate surface area is 335 Å². The van der Waals surface area contributed by atoms with E-state index >= 15 is 0 Å². The van der Waals surface area contributed by atoms with Crippen molar-refractivity contribution in [3.63, 3.8) is 0 Å². The summed E-state index contributed by atoms with van der Waals surface area (Å²) in [6.45, 7) is 4.09. The van der Waals surface area contributed by atoms with Crippen molar-refractivity contribution >= 4 is 51.1 Å². The number of amides is 4. The minimum atomic E-state index is -0.954. The SMILES string of the molecule is Cn1c2ccncc2c2ccc(-c3ccc(O[C@H]4C[C@H](OCCCCOC[C@@H]5C[C@H]5C5CN(c6ccc7c(c6)C(=O)N(C6CCC(=O)NC6=O)C7=O)C5)C4)nc3)cc21. The summed E-state index contributed by atoms with van der Waals surface area (Å²) in [5.41, 5.74) is 6.05. The number of rotatable bonds is 14. The summed E-state index contributed by atoms with van der Waals surface area (Å²) in [6, 6.07) is 17.0. The first-order chi connectivity index (χ1) is 28.3. The summed E-state index contributed by atoms with van der Waals surface area (Å²) in [5.74, 6) is 0.565. The van der Waals surface area contributed by atoms with Gasteiger partial charge in [-0.2, -0.15) is 0 Å². The Bertz CT molecular complexity index is 2440. The Balaban J connectivity index is 0.591. The number of hydrogen-bond acceptors (Lipinski definition) is 10. The molecule has 2 saturated carbocycles. The molecule has 2 aliphatic carbocycles. The Morgan fingerprint density at radius 3 is 2.47 bits per heavy atom. The normalized spacial score (nSPS) is 24.3. The van der Waals surface area contributed by atoms with Crippen LogP contribution in [0.25, 0.3) is 32.9 Å². The first-order valence-electron chi connectivity index (χ1n) is 20.5. The molecule has 3 atom stereocenters. The Morgan fingerprint density at radius 2 is 1.64 bits per heavy atom. The van der Waals surface area contributed by atoms with E-state index in [2.05, 4.69) is 56.1 Å². The average molecular weight is 783 g/mol. The first kappa shape index (κ1) is 36.7. The quantitative estimate of drug-likeness (QED) is 0.110. The predicted molar refractivity (Wildman–Crippen MR) is 215 cm³/mol. The number of pyridine rings is 2. The minimum Gasteiger partial charge on any atom is -0.474 e. The second kappa shape index (κ2) is 14.9. The maximum Gasteiger partial charge on any atom is 0.262 e. The number of benzene rings is 2. The number of nitrogens with one attached hydrogen (secondary N) is 1. The van der Waals surface area contributed by atoms with E-state index in [4.69, 9.17) is 14.2 Å². The molecule has 298 valence electrons. The van der Waals surface area contributed by atoms with E-state index in [9.17, 15) is 19.2 Å². The molecule has 2 saturated heterocycles. The van der Waals surface area contributed by atoms with Crippen LogP contribution in [-0.4, -0.2) is 94.2 Å². The highest BCUT2D eigenvalue weighted by atomic mass is 16.5. The number of hydrogen-bond donors (Lipinski definition) is 1. The fourth-order valence-corrected chi connectivity index (χ4v) is 9.26. The van der Waals surface area contributed by atoms with Gasteiger partial charge in [-0.3, -0.25) is 34.4 Å². The summed E-state index contributed by atoms with van der Waals surface area (Å²) in [4.78, 5) is 62.4. The molecule has 0 spiro atoms. The second-order valence-electron chi connectivity index (χ2n) is 16.6. The Morgan fingerprint density at radius 1 is 0.810 bits per heavy atom. The van der Waals surface area contributed by atoms with Crippen LogP contribution in [-0.2, 0) is 26.1 Å². The van der Waals surface area contributed by atoms with E-state index < -0.39 is 23.8 Å². The van der Waals surface area contributed by atoms with Crippen molar-refractivity contribution in [2.45, 2.75) is 63.2 Å². The molecule has 5 aliphatic rings. The molecule has 3 aromatic heterocycles. The van der Waals surface area contributed by atoms with Gasteiger partial charge in [-0.05, 0) is 85.4 Å². The van der Waals surface area contributed by atoms with Crippen LogP contribution in [0, 0.1) is 17.8 Å². The number of imide groups is 2. The number of carbonyl (C=O) groups is 4. The van der Waals surface area contributed by atoms with Crippen molar-refractivity contribution in [2.75, 3.05) is 37.8 Å². The molecule has 6 heterocycles. The lowest BCUT2D eigenvalue weighted by Gasteiger charge is -2.42. The summed E-state index contributed by atoms with van der Waals surface area (Å²) in [6.07, 6.45) is 11.1. The smallest absolute Gasteiger partial charge is 0.262 e. The molecule has 4 amide bonds. The molecule has 13 nitrogen and oxygen atoms in total. The van der Waals surface area contributed by atoms with Crippen LogP contribution < -0.4 is 15.0 Å². The molecule has 13 heteroatoms. The largest absolute Gasteiger partial charge is 0.474 e. The molecule has 58 heavy (non-hydrogen) atoms. The average Bonchev–Trinajstić information content (AvgIpc) is 3.84. The van der Waals surface area contributed by atoms with Gasteiger partial charge in [-0.25, -0.2) is 4.98 Å². The van der Waals surface area contributed by atoms with Gasteiger partial charge in [0.25, 0.3) is 11.8 Å². The van der Waals surface area contributed by atoms with Gasteiger partial charge in [0.15, 0.2) is 0 Å². The summed E-state index contributed by atoms with van der Waals surface area (Å²) in [7, 11) is 2.09. The summed E-state index contributed by atoms with van der Waals surface area (Å²) in [5, 5.41) is 4.60. The lowest BCUT2D eigenvalue weighted by molar-refractivity contribution is -0.136. The maximum atomic E-state index is 13.2. The van der Waals surface area contributed by atoms with Gasteiger partial charge in [0.05, 0.1) is 22.7 Å². The van der Waals surface area contributed by atoms with Crippen LogP contribution in [0.1, 0.15) is 65.7 Å². The van der Waals surface area contributed by atoms with Gasteiger partial charge in [0.1, 0.15) is 12.1 Å². The number of anilines is 1. The molecular formula is C45H46N6O7. The zero-order valence-electron chi connectivity index (χ0n) is 32.5. The van der Waals surface area contributed by atoms with Crippen LogP contribution in [0.3, 0.4) is 0 Å². The van der Waals surface area contributed by atoms with Crippen LogP contribution in [0.2, 0.25) is 0 Å². The van der Waals surface area contributed by atoms with Crippen molar-refractivity contribution in [1.29, 1.82) is 0 Å². The predicted octanol–water partition coefficient (Wildman–Crippen LogP) is 5.69. The van der Waals surface area contributed by atoms with E-state index in [1.54, 1.807) is 12.1 Å². The van der Waals surface area contributed by atoms with Gasteiger partial charge < -0.3 is 23.7 Å². The lowest BCUT2D eigenvalue weighted by atomic mass is 9.92. The molecule has 5 aromatic rings. The Kier molecular flexibility index (Phi) is 9.44. The van der Waals surface area contributed by atoms with Crippen molar-refractivity contribution < 1.29 is 33.4 Å². The summed E-state index contributed by atoms with van der Waals surface area (Å²) < 4.78 is 20.5. The molecule has 0 bridgehead atoms. The van der Waals surface area contributed by atoms with Crippen LogP contribution in [0.15, 0.2) is 73.2 Å². The molecule has 2 aromatic carbocycles. The van der Waals surface area contributed by atoms with Crippen molar-refractivity contribution in [3.8, 4) is 17.0 Å². The number of fused-ring (bicyclic) bond motifs is 4. The van der Waals surface area contributed by atoms with Gasteiger partial charge in [-0.15, -0.1) is 0 Å². The standard InChI is InChI=1S/C45H46N6O7/c1-49-38-12-13-46-22-37(38)33-7-4-26(17-40(33)49)27-5-11-42(47-21-27)58-32-19-31(20-32)57-15-3-2-14-56-25-28-16-35(28)29-23-50(24-29)30-6-8-34-36(18-30)45(55)51(44(34)54)39-9-10-41(52)48-43(39)53/h4-8,11-13,17-18,21-22,28-29,31-32,35,39H,2-3,9-10,14-16,19-20,23-25H2,1H3,(H,48,52,53)/t28-,31-,32-,35+,39?/m0/s1. The third-order valence-corrected chi connectivity index (χ3v) is 12.9. The lowest BCUT2D eigenvalue weighted by Crippen LogP contribution is -2.54. The molecular weight excluding hydrogens is 737 g/mol. The number of piperidine rings is 1. The molecule has 1 N–H and O–H groups in total. The zero-order valence-corrected chi connectivity index (χ0v) is 32.5. The zero-order chi connectivity index (χ0) is 39.5. The van der Waals surface area contributed by atoms with E-state index in [1.807, 2.05) is 36.8 Å². The van der Waals surface area contributed by atoms with Gasteiger partial charge in [0.2, 0.25) is 17.7 Å². The number of nitrogens with zero attached hydrogens (tertiary/aromatic N) is 5. The van der Waals surface area contributed by atoms with Crippen LogP contribution in [0.5, 0.6) is 5.88 Å². The van der Waals surface area contributed by atoms with E-state index in [-0.39, 0.29) is 31.0 Å². The third kappa shape index (κ3) is 6.79. The first-order valence-corrected chi connectivity index (χ1v) is 20.5. The van der Waals surface area contributed by atoms with E-state index in [1.165, 1.54) is 22.8 Å². The highest BCUT2D eigenvalue weighted by Gasteiger charge is 2.48. The molecule has 0 radical (unpaired) electrons. The van der Waals surface area contributed by atoms with E-state index in [0.717, 1.165) is 85.7 Å². The molecule has 4 fully saturated rings. The third-order valence-electron chi connectivity index (χ3n) is 12.9. The number of carbonyl (C=O) groups excluding carboxylic acids is 4. The topological polar surface area (TPSA) is 145 Å². The molecule has 10 rings (SSSR count).